The van der Waals surface area contributed by atoms with Gasteiger partial charge in [0.25, 0.3) is 0 Å². The standard InChI is InChI=1S/C16H18F8Si/c1-25(2)13(10-11-6-4-3-5-7-11)16(23,24)15(21,22)12(17)8-9-14(18,19)20/h3-7,10,12,25H,8-9H2,1-2H3. The van der Waals surface area contributed by atoms with Crippen LogP contribution in [0.3, 0.4) is 0 Å². The molecule has 25 heavy (non-hydrogen) atoms. The molecule has 1 unspecified atom stereocenters. The monoisotopic (exact) mass is 390 g/mol. The summed E-state index contributed by atoms with van der Waals surface area (Å²) in [6.45, 7) is 2.73. The Morgan fingerprint density at radius 2 is 1.52 bits per heavy atom. The fraction of sp³-hybridized carbons (Fsp3) is 0.500. The number of alkyl halides is 8. The zero-order chi connectivity index (χ0) is 19.5. The van der Waals surface area contributed by atoms with Crippen LogP contribution in [-0.4, -0.2) is 33.0 Å². The molecule has 142 valence electrons. The largest absolute Gasteiger partial charge is 0.389 e. The first-order valence-electron chi connectivity index (χ1n) is 7.52. The van der Waals surface area contributed by atoms with Gasteiger partial charge in [-0.15, -0.1) is 0 Å². The lowest BCUT2D eigenvalue weighted by Crippen LogP contribution is -2.51. The Labute approximate surface area is 142 Å². The molecule has 0 aromatic heterocycles. The number of benzene rings is 1. The first kappa shape index (κ1) is 21.7. The van der Waals surface area contributed by atoms with E-state index in [-0.39, 0.29) is 5.56 Å². The van der Waals surface area contributed by atoms with E-state index in [1.807, 2.05) is 0 Å². The molecular weight excluding hydrogens is 372 g/mol. The summed E-state index contributed by atoms with van der Waals surface area (Å²) in [5, 5.41) is -0.904. The van der Waals surface area contributed by atoms with Crippen LogP contribution in [-0.2, 0) is 0 Å². The lowest BCUT2D eigenvalue weighted by atomic mass is 10.0. The van der Waals surface area contributed by atoms with Crippen LogP contribution in [0.4, 0.5) is 35.1 Å². The normalized spacial score (nSPS) is 15.6. The molecule has 1 atom stereocenters. The summed E-state index contributed by atoms with van der Waals surface area (Å²) in [6, 6.07) is 7.47. The van der Waals surface area contributed by atoms with Crippen molar-refractivity contribution in [3.05, 3.63) is 41.1 Å². The molecule has 0 aliphatic rings. The molecule has 1 aromatic rings. The smallest absolute Gasteiger partial charge is 0.241 e. The molecule has 0 heterocycles. The quantitative estimate of drug-likeness (QED) is 0.393. The molecule has 9 heteroatoms. The summed E-state index contributed by atoms with van der Waals surface area (Å²) in [4.78, 5) is 0. The third-order valence-electron chi connectivity index (χ3n) is 3.60. The highest BCUT2D eigenvalue weighted by molar-refractivity contribution is 6.65. The van der Waals surface area contributed by atoms with E-state index in [1.54, 1.807) is 6.07 Å². The van der Waals surface area contributed by atoms with Crippen LogP contribution in [0.2, 0.25) is 13.1 Å². The van der Waals surface area contributed by atoms with Gasteiger partial charge in [-0.1, -0.05) is 49.5 Å². The molecule has 0 N–H and O–H groups in total. The molecule has 0 bridgehead atoms. The van der Waals surface area contributed by atoms with Gasteiger partial charge in [0.15, 0.2) is 6.17 Å². The zero-order valence-electron chi connectivity index (χ0n) is 13.6. The molecule has 0 saturated heterocycles. The van der Waals surface area contributed by atoms with Crippen molar-refractivity contribution in [2.45, 2.75) is 50.1 Å². The van der Waals surface area contributed by atoms with Gasteiger partial charge in [-0.3, -0.25) is 0 Å². The van der Waals surface area contributed by atoms with Crippen molar-refractivity contribution in [1.29, 1.82) is 0 Å². The first-order chi connectivity index (χ1) is 11.3. The lowest BCUT2D eigenvalue weighted by molar-refractivity contribution is -0.222. The Morgan fingerprint density at radius 3 is 1.96 bits per heavy atom. The minimum atomic E-state index is -5.23. The van der Waals surface area contributed by atoms with Crippen molar-refractivity contribution >= 4 is 14.9 Å². The number of allylic oxidation sites excluding steroid dienone is 1. The summed E-state index contributed by atoms with van der Waals surface area (Å²) in [5.74, 6) is -10.1. The van der Waals surface area contributed by atoms with Crippen molar-refractivity contribution in [2.24, 2.45) is 0 Å². The van der Waals surface area contributed by atoms with E-state index in [0.29, 0.717) is 0 Å². The van der Waals surface area contributed by atoms with Gasteiger partial charge in [0.2, 0.25) is 0 Å². The molecule has 0 aliphatic heterocycles. The lowest BCUT2D eigenvalue weighted by Gasteiger charge is -2.32. The molecule has 1 rings (SSSR count). The Balaban J connectivity index is 3.17. The highest BCUT2D eigenvalue weighted by atomic mass is 28.3. The minimum Gasteiger partial charge on any atom is -0.241 e. The van der Waals surface area contributed by atoms with Crippen molar-refractivity contribution in [3.8, 4) is 0 Å². The average molecular weight is 390 g/mol. The Morgan fingerprint density at radius 1 is 1.00 bits per heavy atom. The molecule has 1 aromatic carbocycles. The SMILES string of the molecule is C[SiH](C)C(=Cc1ccccc1)C(F)(F)C(F)(F)C(F)CCC(F)(F)F. The van der Waals surface area contributed by atoms with Gasteiger partial charge < -0.3 is 0 Å². The van der Waals surface area contributed by atoms with Crippen LogP contribution in [0.5, 0.6) is 0 Å². The van der Waals surface area contributed by atoms with E-state index in [1.165, 1.54) is 37.4 Å². The molecular formula is C16H18F8Si. The maximum atomic E-state index is 14.4. The van der Waals surface area contributed by atoms with Crippen molar-refractivity contribution in [2.75, 3.05) is 0 Å². The predicted octanol–water partition coefficient (Wildman–Crippen LogP) is 6.05. The van der Waals surface area contributed by atoms with Crippen LogP contribution in [0, 0.1) is 0 Å². The van der Waals surface area contributed by atoms with Gasteiger partial charge in [0.1, 0.15) is 0 Å². The zero-order valence-corrected chi connectivity index (χ0v) is 14.7. The molecule has 0 saturated carbocycles. The summed E-state index contributed by atoms with van der Waals surface area (Å²) < 4.78 is 107. The average Bonchev–Trinajstić information content (AvgIpc) is 2.49. The second kappa shape index (κ2) is 7.88. The van der Waals surface area contributed by atoms with Gasteiger partial charge >= 0.3 is 18.0 Å². The molecule has 0 fully saturated rings. The fourth-order valence-corrected chi connectivity index (χ4v) is 3.65. The molecule has 0 nitrogen and oxygen atoms in total. The third-order valence-corrected chi connectivity index (χ3v) is 5.37. The van der Waals surface area contributed by atoms with E-state index < -0.39 is 51.0 Å². The molecule has 0 radical (unpaired) electrons. The minimum absolute atomic E-state index is 0.236. The van der Waals surface area contributed by atoms with E-state index in [9.17, 15) is 35.1 Å². The van der Waals surface area contributed by atoms with Crippen LogP contribution >= 0.6 is 0 Å². The highest BCUT2D eigenvalue weighted by Gasteiger charge is 2.63. The Hall–Kier alpha value is -1.38. The van der Waals surface area contributed by atoms with Gasteiger partial charge in [-0.25, -0.2) is 4.39 Å². The van der Waals surface area contributed by atoms with Gasteiger partial charge in [-0.2, -0.15) is 30.7 Å². The van der Waals surface area contributed by atoms with Crippen LogP contribution in [0.25, 0.3) is 6.08 Å². The van der Waals surface area contributed by atoms with E-state index in [2.05, 4.69) is 0 Å². The van der Waals surface area contributed by atoms with Crippen molar-refractivity contribution < 1.29 is 35.1 Å². The number of rotatable bonds is 7. The van der Waals surface area contributed by atoms with Crippen LogP contribution in [0.1, 0.15) is 18.4 Å². The number of halogens is 8. The van der Waals surface area contributed by atoms with Crippen molar-refractivity contribution in [1.82, 2.24) is 0 Å². The summed E-state index contributed by atoms with van der Waals surface area (Å²) in [7, 11) is -2.53. The predicted molar refractivity (Wildman–Crippen MR) is 83.4 cm³/mol. The Bertz CT molecular complexity index is 578. The number of hydrogen-bond donors (Lipinski definition) is 0. The highest BCUT2D eigenvalue weighted by Crippen LogP contribution is 2.46. The van der Waals surface area contributed by atoms with Gasteiger partial charge in [0, 0.05) is 6.42 Å². The van der Waals surface area contributed by atoms with E-state index >= 15 is 0 Å². The number of hydrogen-bond acceptors (Lipinski definition) is 0. The maximum Gasteiger partial charge on any atom is 0.389 e. The van der Waals surface area contributed by atoms with Crippen LogP contribution < -0.4 is 0 Å². The second-order valence-corrected chi connectivity index (χ2v) is 8.92. The fourth-order valence-electron chi connectivity index (χ4n) is 2.21. The maximum absolute atomic E-state index is 14.4. The molecule has 0 aliphatic carbocycles. The second-order valence-electron chi connectivity index (χ2n) is 5.98. The van der Waals surface area contributed by atoms with E-state index in [4.69, 9.17) is 0 Å². The molecule has 0 amide bonds. The third kappa shape index (κ3) is 5.55. The van der Waals surface area contributed by atoms with Crippen LogP contribution in [0.15, 0.2) is 35.5 Å². The summed E-state index contributed by atoms with van der Waals surface area (Å²) in [6.07, 6.45) is -11.2. The summed E-state index contributed by atoms with van der Waals surface area (Å²) in [5.41, 5.74) is 0.236. The first-order valence-corrected chi connectivity index (χ1v) is 10.4. The van der Waals surface area contributed by atoms with Gasteiger partial charge in [-0.05, 0) is 17.2 Å². The van der Waals surface area contributed by atoms with Crippen molar-refractivity contribution in [3.63, 3.8) is 0 Å². The van der Waals surface area contributed by atoms with Gasteiger partial charge in [0.05, 0.1) is 8.80 Å². The Kier molecular flexibility index (Phi) is 6.83. The molecule has 0 spiro atoms. The van der Waals surface area contributed by atoms with E-state index in [0.717, 1.165) is 6.08 Å². The topological polar surface area (TPSA) is 0 Å². The summed E-state index contributed by atoms with van der Waals surface area (Å²) >= 11 is 0.